The van der Waals surface area contributed by atoms with Gasteiger partial charge >= 0.3 is 0 Å². The molecule has 5 rings (SSSR count). The Labute approximate surface area is 209 Å². The first-order chi connectivity index (χ1) is 17.0. The van der Waals surface area contributed by atoms with E-state index >= 15 is 0 Å². The summed E-state index contributed by atoms with van der Waals surface area (Å²) >= 11 is 5.87. The minimum atomic E-state index is -0.161. The monoisotopic (exact) mass is 488 g/mol. The maximum atomic E-state index is 13.3. The Balaban J connectivity index is 1.29. The number of benzene rings is 2. The van der Waals surface area contributed by atoms with Crippen LogP contribution in [0.2, 0.25) is 5.02 Å². The number of methoxy groups -OCH3 is 1. The molecule has 0 atom stereocenters. The van der Waals surface area contributed by atoms with Crippen molar-refractivity contribution in [2.75, 3.05) is 44.7 Å². The van der Waals surface area contributed by atoms with Crippen molar-refractivity contribution < 1.29 is 14.3 Å². The molecular formula is C27H25ClN4O3. The average Bonchev–Trinajstić information content (AvgIpc) is 2.92. The van der Waals surface area contributed by atoms with Gasteiger partial charge in [0.2, 0.25) is 0 Å². The van der Waals surface area contributed by atoms with Crippen LogP contribution in [0.5, 0.6) is 5.75 Å². The number of carbonyl (C=O) groups is 2. The van der Waals surface area contributed by atoms with Crippen LogP contribution in [0.25, 0.3) is 6.08 Å². The van der Waals surface area contributed by atoms with Crippen LogP contribution in [0.3, 0.4) is 0 Å². The summed E-state index contributed by atoms with van der Waals surface area (Å²) in [7, 11) is 1.58. The van der Waals surface area contributed by atoms with Crippen LogP contribution in [-0.2, 0) is 0 Å². The molecule has 2 amide bonds. The van der Waals surface area contributed by atoms with E-state index in [0.717, 1.165) is 23.5 Å². The number of nitrogens with zero attached hydrogens (tertiary/aromatic N) is 4. The molecule has 8 heteroatoms. The molecule has 0 spiro atoms. The molecule has 3 heterocycles. The molecule has 0 unspecified atom stereocenters. The van der Waals surface area contributed by atoms with Gasteiger partial charge in [0.25, 0.3) is 11.8 Å². The molecule has 3 aromatic rings. The molecule has 0 saturated carbocycles. The van der Waals surface area contributed by atoms with Crippen molar-refractivity contribution in [2.45, 2.75) is 0 Å². The summed E-state index contributed by atoms with van der Waals surface area (Å²) in [5.74, 6) is 0.263. The van der Waals surface area contributed by atoms with Crippen molar-refractivity contribution in [1.29, 1.82) is 0 Å². The summed E-state index contributed by atoms with van der Waals surface area (Å²) in [6.07, 6.45) is 5.70. The second kappa shape index (κ2) is 9.80. The van der Waals surface area contributed by atoms with E-state index in [-0.39, 0.29) is 11.8 Å². The Morgan fingerprint density at radius 2 is 1.69 bits per heavy atom. The zero-order chi connectivity index (χ0) is 24.4. The van der Waals surface area contributed by atoms with Crippen molar-refractivity contribution >= 4 is 40.9 Å². The molecule has 0 aliphatic carbocycles. The second-order valence-corrected chi connectivity index (χ2v) is 8.84. The molecule has 1 saturated heterocycles. The quantitative estimate of drug-likeness (QED) is 0.540. The normalized spacial score (nSPS) is 15.1. The number of amides is 2. The topological polar surface area (TPSA) is 66.0 Å². The van der Waals surface area contributed by atoms with Gasteiger partial charge in [0.15, 0.2) is 0 Å². The predicted molar refractivity (Wildman–Crippen MR) is 137 cm³/mol. The highest BCUT2D eigenvalue weighted by atomic mass is 35.5. The maximum Gasteiger partial charge on any atom is 0.272 e. The van der Waals surface area contributed by atoms with Crippen LogP contribution in [0.15, 0.2) is 66.9 Å². The number of hydrogen-bond acceptors (Lipinski definition) is 5. The van der Waals surface area contributed by atoms with E-state index in [2.05, 4.69) is 34.2 Å². The molecule has 2 aliphatic rings. The smallest absolute Gasteiger partial charge is 0.272 e. The lowest BCUT2D eigenvalue weighted by molar-refractivity contribution is 0.0530. The van der Waals surface area contributed by atoms with E-state index in [4.69, 9.17) is 16.3 Å². The van der Waals surface area contributed by atoms with Crippen molar-refractivity contribution in [3.8, 4) is 5.75 Å². The van der Waals surface area contributed by atoms with E-state index in [0.29, 0.717) is 48.2 Å². The van der Waals surface area contributed by atoms with Gasteiger partial charge < -0.3 is 19.4 Å². The number of hydrogen-bond donors (Lipinski definition) is 0. The third kappa shape index (κ3) is 4.59. The summed E-state index contributed by atoms with van der Waals surface area (Å²) in [6, 6.07) is 17.2. The number of pyridine rings is 1. The highest BCUT2D eigenvalue weighted by Gasteiger charge is 2.28. The number of piperazine rings is 1. The molecule has 7 nitrogen and oxygen atoms in total. The number of aromatic nitrogens is 1. The van der Waals surface area contributed by atoms with E-state index in [9.17, 15) is 9.59 Å². The van der Waals surface area contributed by atoms with Crippen molar-refractivity contribution in [3.63, 3.8) is 0 Å². The lowest BCUT2D eigenvalue weighted by atomic mass is 10.1. The van der Waals surface area contributed by atoms with Crippen molar-refractivity contribution in [3.05, 3.63) is 88.7 Å². The summed E-state index contributed by atoms with van der Waals surface area (Å²) in [5, 5.41) is 0.484. The SMILES string of the molecule is COc1cc(N2CC=Cc3ccccc32)ccc1C(=O)N1CCN(C(=O)c2ccc(Cl)cn2)CC1. The lowest BCUT2D eigenvalue weighted by Crippen LogP contribution is -2.50. The Bertz CT molecular complexity index is 1280. The Morgan fingerprint density at radius 3 is 2.40 bits per heavy atom. The van der Waals surface area contributed by atoms with Crippen LogP contribution in [-0.4, -0.2) is 66.4 Å². The van der Waals surface area contributed by atoms with Crippen molar-refractivity contribution in [2.24, 2.45) is 0 Å². The number of fused-ring (bicyclic) bond motifs is 1. The lowest BCUT2D eigenvalue weighted by Gasteiger charge is -2.35. The Hall–Kier alpha value is -3.84. The minimum Gasteiger partial charge on any atom is -0.496 e. The maximum absolute atomic E-state index is 13.3. The number of anilines is 2. The van der Waals surface area contributed by atoms with Crippen LogP contribution in [0.4, 0.5) is 11.4 Å². The van der Waals surface area contributed by atoms with Crippen LogP contribution < -0.4 is 9.64 Å². The first-order valence-electron chi connectivity index (χ1n) is 11.5. The van der Waals surface area contributed by atoms with Gasteiger partial charge in [-0.2, -0.15) is 0 Å². The van der Waals surface area contributed by atoms with Gasteiger partial charge in [0, 0.05) is 56.4 Å². The first-order valence-corrected chi connectivity index (χ1v) is 11.8. The standard InChI is InChI=1S/C27H25ClN4O3/c1-35-25-17-21(32-12-4-6-19-5-2-3-7-24(19)32)9-10-22(25)26(33)30-13-15-31(16-14-30)27(34)23-11-8-20(28)18-29-23/h2-11,17-18H,12-16H2,1H3. The number of ether oxygens (including phenoxy) is 1. The predicted octanol–water partition coefficient (Wildman–Crippen LogP) is 4.51. The molecule has 2 aliphatic heterocycles. The minimum absolute atomic E-state index is 0.107. The fraction of sp³-hybridized carbons (Fsp3) is 0.222. The van der Waals surface area contributed by atoms with Gasteiger partial charge in [-0.15, -0.1) is 0 Å². The van der Waals surface area contributed by atoms with Gasteiger partial charge in [-0.1, -0.05) is 42.0 Å². The van der Waals surface area contributed by atoms with Gasteiger partial charge in [-0.25, -0.2) is 4.98 Å². The first kappa shape index (κ1) is 22.9. The van der Waals surface area contributed by atoms with Gasteiger partial charge in [-0.3, -0.25) is 9.59 Å². The molecule has 35 heavy (non-hydrogen) atoms. The number of carbonyl (C=O) groups excluding carboxylic acids is 2. The Kier molecular flexibility index (Phi) is 6.42. The molecule has 2 aromatic carbocycles. The number of halogens is 1. The second-order valence-electron chi connectivity index (χ2n) is 8.40. The van der Waals surface area contributed by atoms with E-state index in [1.807, 2.05) is 30.3 Å². The zero-order valence-electron chi connectivity index (χ0n) is 19.4. The van der Waals surface area contributed by atoms with Crippen LogP contribution in [0.1, 0.15) is 26.4 Å². The number of rotatable bonds is 4. The zero-order valence-corrected chi connectivity index (χ0v) is 20.1. The van der Waals surface area contributed by atoms with Gasteiger partial charge in [0.05, 0.1) is 17.7 Å². The third-order valence-electron chi connectivity index (χ3n) is 6.34. The largest absolute Gasteiger partial charge is 0.496 e. The van der Waals surface area contributed by atoms with Crippen LogP contribution >= 0.6 is 11.6 Å². The highest BCUT2D eigenvalue weighted by molar-refractivity contribution is 6.30. The summed E-state index contributed by atoms with van der Waals surface area (Å²) in [5.41, 5.74) is 4.09. The highest BCUT2D eigenvalue weighted by Crippen LogP contribution is 2.35. The van der Waals surface area contributed by atoms with E-state index in [1.54, 1.807) is 29.0 Å². The molecule has 178 valence electrons. The summed E-state index contributed by atoms with van der Waals surface area (Å²) in [4.78, 5) is 35.8. The molecule has 0 radical (unpaired) electrons. The van der Waals surface area contributed by atoms with Gasteiger partial charge in [-0.05, 0) is 35.9 Å². The fourth-order valence-electron chi connectivity index (χ4n) is 4.47. The van der Waals surface area contributed by atoms with E-state index in [1.165, 1.54) is 6.20 Å². The third-order valence-corrected chi connectivity index (χ3v) is 6.56. The fourth-order valence-corrected chi connectivity index (χ4v) is 4.59. The summed E-state index contributed by atoms with van der Waals surface area (Å²) < 4.78 is 5.63. The summed E-state index contributed by atoms with van der Waals surface area (Å²) in [6.45, 7) is 2.49. The Morgan fingerprint density at radius 1 is 0.943 bits per heavy atom. The van der Waals surface area contributed by atoms with Crippen molar-refractivity contribution in [1.82, 2.24) is 14.8 Å². The average molecular weight is 489 g/mol. The van der Waals surface area contributed by atoms with Gasteiger partial charge in [0.1, 0.15) is 11.4 Å². The number of para-hydroxylation sites is 1. The molecule has 0 N–H and O–H groups in total. The van der Waals surface area contributed by atoms with Crippen LogP contribution in [0, 0.1) is 0 Å². The molecule has 1 aromatic heterocycles. The van der Waals surface area contributed by atoms with E-state index < -0.39 is 0 Å². The molecular weight excluding hydrogens is 464 g/mol. The molecule has 0 bridgehead atoms. The molecule has 1 fully saturated rings.